The summed E-state index contributed by atoms with van der Waals surface area (Å²) in [4.78, 5) is 27.4. The molecule has 1 amide bonds. The van der Waals surface area contributed by atoms with E-state index in [1.54, 1.807) is 7.11 Å². The number of aliphatic carboxylic acids is 1. The van der Waals surface area contributed by atoms with Gasteiger partial charge in [-0.15, -0.1) is 0 Å². The summed E-state index contributed by atoms with van der Waals surface area (Å²) in [6.45, 7) is 0. The molecule has 1 heterocycles. The Kier molecular flexibility index (Phi) is 5.73. The van der Waals surface area contributed by atoms with E-state index in [4.69, 9.17) is 14.4 Å². The standard InChI is InChI=1S/C19H23N3O5/c1-26-14-8-6-13(7-9-14)18-20-16(27-22-18)5-2-4-15(23)21-19(10-3-11-19)12-17(24)25/h6-9H,2-5,10-12H2,1H3,(H,21,23)(H,24,25). The molecule has 8 heteroatoms. The Bertz CT molecular complexity index is 796. The molecule has 144 valence electrons. The quantitative estimate of drug-likeness (QED) is 0.694. The van der Waals surface area contributed by atoms with E-state index in [2.05, 4.69) is 15.5 Å². The fourth-order valence-corrected chi connectivity index (χ4v) is 3.21. The Labute approximate surface area is 156 Å². The molecule has 0 aliphatic heterocycles. The van der Waals surface area contributed by atoms with Gasteiger partial charge in [-0.05, 0) is 49.9 Å². The number of ether oxygens (including phenoxy) is 1. The number of amides is 1. The molecule has 1 aliphatic carbocycles. The number of carboxylic acids is 1. The Morgan fingerprint density at radius 1 is 1.30 bits per heavy atom. The second kappa shape index (κ2) is 8.20. The van der Waals surface area contributed by atoms with Crippen LogP contribution in [0.4, 0.5) is 0 Å². The first-order valence-corrected chi connectivity index (χ1v) is 8.99. The Morgan fingerprint density at radius 2 is 2.04 bits per heavy atom. The maximum absolute atomic E-state index is 12.1. The SMILES string of the molecule is COc1ccc(-c2noc(CCCC(=O)NC3(CC(=O)O)CCC3)n2)cc1. The van der Waals surface area contributed by atoms with Gasteiger partial charge in [-0.2, -0.15) is 4.98 Å². The zero-order chi connectivity index (χ0) is 19.3. The molecule has 2 N–H and O–H groups in total. The molecule has 1 aromatic carbocycles. The van der Waals surface area contributed by atoms with Crippen LogP contribution in [0.25, 0.3) is 11.4 Å². The molecule has 3 rings (SSSR count). The molecule has 1 saturated carbocycles. The van der Waals surface area contributed by atoms with Gasteiger partial charge in [0.05, 0.1) is 19.1 Å². The van der Waals surface area contributed by atoms with Crippen molar-refractivity contribution in [1.82, 2.24) is 15.5 Å². The summed E-state index contributed by atoms with van der Waals surface area (Å²) in [6, 6.07) is 7.34. The first-order chi connectivity index (χ1) is 13.0. The molecule has 0 saturated heterocycles. The zero-order valence-electron chi connectivity index (χ0n) is 15.2. The van der Waals surface area contributed by atoms with Crippen molar-refractivity contribution in [1.29, 1.82) is 0 Å². The van der Waals surface area contributed by atoms with E-state index in [0.29, 0.717) is 31.0 Å². The van der Waals surface area contributed by atoms with Crippen molar-refractivity contribution in [2.75, 3.05) is 7.11 Å². The molecule has 1 aromatic heterocycles. The highest BCUT2D eigenvalue weighted by atomic mass is 16.5. The minimum atomic E-state index is -0.882. The van der Waals surface area contributed by atoms with E-state index in [9.17, 15) is 9.59 Å². The number of carbonyl (C=O) groups excluding carboxylic acids is 1. The lowest BCUT2D eigenvalue weighted by atomic mass is 9.74. The van der Waals surface area contributed by atoms with E-state index in [-0.39, 0.29) is 12.3 Å². The van der Waals surface area contributed by atoms with Crippen LogP contribution in [0.1, 0.15) is 44.4 Å². The number of carbonyl (C=O) groups is 2. The van der Waals surface area contributed by atoms with Crippen molar-refractivity contribution in [3.63, 3.8) is 0 Å². The van der Waals surface area contributed by atoms with Crippen LogP contribution in [0.2, 0.25) is 0 Å². The van der Waals surface area contributed by atoms with Crippen LogP contribution in [0, 0.1) is 0 Å². The number of nitrogens with one attached hydrogen (secondary N) is 1. The Hall–Kier alpha value is -2.90. The van der Waals surface area contributed by atoms with Crippen molar-refractivity contribution >= 4 is 11.9 Å². The summed E-state index contributed by atoms with van der Waals surface area (Å²) in [5, 5.41) is 15.8. The molecule has 8 nitrogen and oxygen atoms in total. The van der Waals surface area contributed by atoms with Crippen LogP contribution in [0.3, 0.4) is 0 Å². The van der Waals surface area contributed by atoms with Crippen LogP contribution in [0.5, 0.6) is 5.75 Å². The van der Waals surface area contributed by atoms with Crippen LogP contribution in [0.15, 0.2) is 28.8 Å². The van der Waals surface area contributed by atoms with Crippen molar-refractivity contribution in [2.45, 2.75) is 50.5 Å². The van der Waals surface area contributed by atoms with Gasteiger partial charge in [0.25, 0.3) is 0 Å². The smallest absolute Gasteiger partial charge is 0.305 e. The van der Waals surface area contributed by atoms with Crippen LogP contribution in [-0.2, 0) is 16.0 Å². The molecule has 0 spiro atoms. The molecule has 27 heavy (non-hydrogen) atoms. The van der Waals surface area contributed by atoms with E-state index in [1.807, 2.05) is 24.3 Å². The minimum absolute atomic E-state index is 0.0202. The lowest BCUT2D eigenvalue weighted by Crippen LogP contribution is -2.54. The predicted molar refractivity (Wildman–Crippen MR) is 96.2 cm³/mol. The number of benzene rings is 1. The third kappa shape index (κ3) is 4.84. The van der Waals surface area contributed by atoms with Crippen LogP contribution >= 0.6 is 0 Å². The van der Waals surface area contributed by atoms with Gasteiger partial charge in [-0.1, -0.05) is 5.16 Å². The van der Waals surface area contributed by atoms with Gasteiger partial charge in [0, 0.05) is 18.4 Å². The van der Waals surface area contributed by atoms with Crippen molar-refractivity contribution in [3.05, 3.63) is 30.2 Å². The number of hydrogen-bond donors (Lipinski definition) is 2. The van der Waals surface area contributed by atoms with Crippen molar-refractivity contribution in [3.8, 4) is 17.1 Å². The Balaban J connectivity index is 1.47. The number of aromatic nitrogens is 2. The number of rotatable bonds is 9. The molecular weight excluding hydrogens is 350 g/mol. The lowest BCUT2D eigenvalue weighted by Gasteiger charge is -2.41. The maximum Gasteiger partial charge on any atom is 0.305 e. The number of carboxylic acid groups (broad SMARTS) is 1. The van der Waals surface area contributed by atoms with Crippen LogP contribution in [-0.4, -0.2) is 39.8 Å². The second-order valence-electron chi connectivity index (χ2n) is 6.85. The minimum Gasteiger partial charge on any atom is -0.497 e. The molecule has 0 unspecified atom stereocenters. The molecular formula is C19H23N3O5. The van der Waals surface area contributed by atoms with Gasteiger partial charge < -0.3 is 19.7 Å². The normalized spacial score (nSPS) is 15.0. The molecule has 2 aromatic rings. The maximum atomic E-state index is 12.1. The number of nitrogens with zero attached hydrogens (tertiary/aromatic N) is 2. The molecule has 0 atom stereocenters. The lowest BCUT2D eigenvalue weighted by molar-refractivity contribution is -0.140. The van der Waals surface area contributed by atoms with E-state index < -0.39 is 11.5 Å². The van der Waals surface area contributed by atoms with E-state index in [0.717, 1.165) is 30.6 Å². The third-order valence-electron chi connectivity index (χ3n) is 4.82. The predicted octanol–water partition coefficient (Wildman–Crippen LogP) is 2.58. The Morgan fingerprint density at radius 3 is 2.63 bits per heavy atom. The summed E-state index contributed by atoms with van der Waals surface area (Å²) in [7, 11) is 1.60. The average Bonchev–Trinajstić information content (AvgIpc) is 3.08. The first kappa shape index (κ1) is 18.9. The van der Waals surface area contributed by atoms with Crippen molar-refractivity contribution in [2.24, 2.45) is 0 Å². The fourth-order valence-electron chi connectivity index (χ4n) is 3.21. The van der Waals surface area contributed by atoms with Crippen LogP contribution < -0.4 is 10.1 Å². The average molecular weight is 373 g/mol. The monoisotopic (exact) mass is 373 g/mol. The summed E-state index contributed by atoms with van der Waals surface area (Å²) < 4.78 is 10.4. The van der Waals surface area contributed by atoms with Gasteiger partial charge in [-0.25, -0.2) is 0 Å². The zero-order valence-corrected chi connectivity index (χ0v) is 15.2. The molecule has 1 fully saturated rings. The molecule has 0 radical (unpaired) electrons. The highest BCUT2D eigenvalue weighted by molar-refractivity contribution is 5.78. The molecule has 0 bridgehead atoms. The van der Waals surface area contributed by atoms with Gasteiger partial charge in [0.2, 0.25) is 17.6 Å². The van der Waals surface area contributed by atoms with Gasteiger partial charge in [0.1, 0.15) is 5.75 Å². The first-order valence-electron chi connectivity index (χ1n) is 8.99. The number of hydrogen-bond acceptors (Lipinski definition) is 6. The fraction of sp³-hybridized carbons (Fsp3) is 0.474. The van der Waals surface area contributed by atoms with E-state index in [1.165, 1.54) is 0 Å². The van der Waals surface area contributed by atoms with Gasteiger partial charge in [0.15, 0.2) is 0 Å². The van der Waals surface area contributed by atoms with E-state index >= 15 is 0 Å². The summed E-state index contributed by atoms with van der Waals surface area (Å²) >= 11 is 0. The summed E-state index contributed by atoms with van der Waals surface area (Å²) in [6.07, 6.45) is 3.71. The van der Waals surface area contributed by atoms with Crippen molar-refractivity contribution < 1.29 is 24.0 Å². The highest BCUT2D eigenvalue weighted by Gasteiger charge is 2.40. The third-order valence-corrected chi connectivity index (χ3v) is 4.82. The second-order valence-corrected chi connectivity index (χ2v) is 6.85. The molecule has 1 aliphatic rings. The number of methoxy groups -OCH3 is 1. The number of aryl methyl sites for hydroxylation is 1. The largest absolute Gasteiger partial charge is 0.497 e. The topological polar surface area (TPSA) is 115 Å². The highest BCUT2D eigenvalue weighted by Crippen LogP contribution is 2.35. The van der Waals surface area contributed by atoms with Gasteiger partial charge >= 0.3 is 5.97 Å². The summed E-state index contributed by atoms with van der Waals surface area (Å²) in [5.41, 5.74) is 0.263. The van der Waals surface area contributed by atoms with Gasteiger partial charge in [-0.3, -0.25) is 9.59 Å². The summed E-state index contributed by atoms with van der Waals surface area (Å²) in [5.74, 6) is 0.697.